The summed E-state index contributed by atoms with van der Waals surface area (Å²) in [6, 6.07) is 6.71. The second-order valence-corrected chi connectivity index (χ2v) is 8.24. The molecule has 5 heteroatoms. The summed E-state index contributed by atoms with van der Waals surface area (Å²) >= 11 is 3.71. The number of nitrogens with zero attached hydrogens (tertiary/aromatic N) is 1. The van der Waals surface area contributed by atoms with E-state index >= 15 is 0 Å². The molecule has 0 amide bonds. The lowest BCUT2D eigenvalue weighted by Gasteiger charge is -2.26. The first kappa shape index (κ1) is 22.0. The molecule has 2 fully saturated rings. The van der Waals surface area contributed by atoms with Crippen molar-refractivity contribution in [1.29, 1.82) is 0 Å². The molecule has 0 bridgehead atoms. The minimum absolute atomic E-state index is 0. The summed E-state index contributed by atoms with van der Waals surface area (Å²) in [5, 5.41) is 0. The van der Waals surface area contributed by atoms with E-state index in [1.54, 1.807) is 0 Å². The summed E-state index contributed by atoms with van der Waals surface area (Å²) in [4.78, 5) is 2.50. The number of benzene rings is 1. The van der Waals surface area contributed by atoms with Crippen LogP contribution in [0.5, 0.6) is 5.75 Å². The van der Waals surface area contributed by atoms with E-state index in [2.05, 4.69) is 39.0 Å². The zero-order valence-corrected chi connectivity index (χ0v) is 18.2. The Bertz CT molecular complexity index is 517. The third-order valence-electron chi connectivity index (χ3n) is 5.51. The Balaban J connectivity index is 0.00000243. The highest BCUT2D eigenvalue weighted by molar-refractivity contribution is 9.10. The van der Waals surface area contributed by atoms with E-state index in [1.165, 1.54) is 57.1 Å². The zero-order valence-electron chi connectivity index (χ0n) is 15.8. The lowest BCUT2D eigenvalue weighted by Crippen LogP contribution is -2.36. The maximum Gasteiger partial charge on any atom is 0.133 e. The summed E-state index contributed by atoms with van der Waals surface area (Å²) in [5.41, 5.74) is 1.48. The normalized spacial score (nSPS) is 19.1. The summed E-state index contributed by atoms with van der Waals surface area (Å²) < 4.78 is 12.5. The molecule has 148 valence electrons. The van der Waals surface area contributed by atoms with E-state index in [0.29, 0.717) is 0 Å². The molecule has 1 heterocycles. The molecule has 1 aromatic rings. The van der Waals surface area contributed by atoms with Gasteiger partial charge in [-0.05, 0) is 78.2 Å². The Morgan fingerprint density at radius 1 is 1.04 bits per heavy atom. The van der Waals surface area contributed by atoms with Gasteiger partial charge in [0.1, 0.15) is 5.75 Å². The minimum atomic E-state index is 0. The van der Waals surface area contributed by atoms with Gasteiger partial charge in [-0.15, -0.1) is 12.4 Å². The van der Waals surface area contributed by atoms with Crippen LogP contribution in [0.25, 0.3) is 0 Å². The van der Waals surface area contributed by atoms with Crippen LogP contribution in [0, 0.1) is 0 Å². The largest absolute Gasteiger partial charge is 0.492 e. The van der Waals surface area contributed by atoms with Gasteiger partial charge in [-0.25, -0.2) is 0 Å². The molecule has 26 heavy (non-hydrogen) atoms. The second kappa shape index (κ2) is 12.2. The van der Waals surface area contributed by atoms with Crippen LogP contribution in [0.1, 0.15) is 62.8 Å². The highest BCUT2D eigenvalue weighted by Gasteiger charge is 2.16. The number of ether oxygens (including phenoxy) is 2. The molecular formula is C21H33BrClNO2. The van der Waals surface area contributed by atoms with Gasteiger partial charge in [0.05, 0.1) is 24.3 Å². The fourth-order valence-electron chi connectivity index (χ4n) is 3.95. The molecular weight excluding hydrogens is 414 g/mol. The Labute approximate surface area is 173 Å². The fraction of sp³-hybridized carbons (Fsp3) is 0.714. The first-order valence-electron chi connectivity index (χ1n) is 10.1. The standard InChI is InChI=1S/C21H32BrNO2.ClH/c22-20-17-19(18-7-3-1-4-8-18)9-10-21(20)25-14-6-2-5-11-23-12-15-24-16-13-23;/h9-10,17-18H,1-8,11-16H2;1H. The molecule has 0 radical (unpaired) electrons. The van der Waals surface area contributed by atoms with Crippen molar-refractivity contribution in [3.8, 4) is 5.75 Å². The highest BCUT2D eigenvalue weighted by atomic mass is 79.9. The van der Waals surface area contributed by atoms with E-state index in [1.807, 2.05) is 0 Å². The smallest absolute Gasteiger partial charge is 0.133 e. The fourth-order valence-corrected chi connectivity index (χ4v) is 4.46. The monoisotopic (exact) mass is 445 g/mol. The van der Waals surface area contributed by atoms with Crippen LogP contribution in [0.3, 0.4) is 0 Å². The van der Waals surface area contributed by atoms with Gasteiger partial charge in [0.25, 0.3) is 0 Å². The number of rotatable bonds is 8. The molecule has 0 atom stereocenters. The molecule has 1 aliphatic heterocycles. The minimum Gasteiger partial charge on any atom is -0.492 e. The highest BCUT2D eigenvalue weighted by Crippen LogP contribution is 2.36. The zero-order chi connectivity index (χ0) is 17.3. The van der Waals surface area contributed by atoms with E-state index in [4.69, 9.17) is 9.47 Å². The van der Waals surface area contributed by atoms with Crippen LogP contribution in [0.15, 0.2) is 22.7 Å². The summed E-state index contributed by atoms with van der Waals surface area (Å²) in [6.07, 6.45) is 10.5. The van der Waals surface area contributed by atoms with Gasteiger partial charge in [0.2, 0.25) is 0 Å². The van der Waals surface area contributed by atoms with Crippen LogP contribution in [-0.4, -0.2) is 44.4 Å². The molecule has 1 aromatic carbocycles. The molecule has 3 nitrogen and oxygen atoms in total. The average molecular weight is 447 g/mol. The van der Waals surface area contributed by atoms with Gasteiger partial charge in [0, 0.05) is 13.1 Å². The summed E-state index contributed by atoms with van der Waals surface area (Å²) in [7, 11) is 0. The third kappa shape index (κ3) is 7.03. The number of halogens is 2. The van der Waals surface area contributed by atoms with E-state index in [9.17, 15) is 0 Å². The molecule has 1 saturated carbocycles. The molecule has 1 aliphatic carbocycles. The van der Waals surface area contributed by atoms with Crippen LogP contribution >= 0.6 is 28.3 Å². The Kier molecular flexibility index (Phi) is 10.3. The molecule has 0 spiro atoms. The van der Waals surface area contributed by atoms with Crippen molar-refractivity contribution in [2.24, 2.45) is 0 Å². The number of unbranched alkanes of at least 4 members (excludes halogenated alkanes) is 2. The van der Waals surface area contributed by atoms with Crippen molar-refractivity contribution in [3.63, 3.8) is 0 Å². The van der Waals surface area contributed by atoms with Gasteiger partial charge in [-0.3, -0.25) is 4.90 Å². The van der Waals surface area contributed by atoms with Crippen molar-refractivity contribution in [3.05, 3.63) is 28.2 Å². The van der Waals surface area contributed by atoms with Gasteiger partial charge < -0.3 is 9.47 Å². The van der Waals surface area contributed by atoms with Crippen molar-refractivity contribution in [2.45, 2.75) is 57.3 Å². The molecule has 0 unspecified atom stereocenters. The average Bonchev–Trinajstić information content (AvgIpc) is 2.67. The van der Waals surface area contributed by atoms with E-state index in [-0.39, 0.29) is 12.4 Å². The first-order valence-corrected chi connectivity index (χ1v) is 10.8. The quantitative estimate of drug-likeness (QED) is 0.471. The molecule has 0 N–H and O–H groups in total. The number of hydrogen-bond donors (Lipinski definition) is 0. The van der Waals surface area contributed by atoms with Crippen molar-refractivity contribution in [2.75, 3.05) is 39.5 Å². The van der Waals surface area contributed by atoms with Gasteiger partial charge in [0.15, 0.2) is 0 Å². The van der Waals surface area contributed by atoms with Crippen LogP contribution in [-0.2, 0) is 4.74 Å². The topological polar surface area (TPSA) is 21.7 Å². The van der Waals surface area contributed by atoms with E-state index in [0.717, 1.165) is 55.5 Å². The van der Waals surface area contributed by atoms with E-state index < -0.39 is 0 Å². The molecule has 3 rings (SSSR count). The predicted octanol–water partition coefficient (Wildman–Crippen LogP) is 5.80. The summed E-state index contributed by atoms with van der Waals surface area (Å²) in [5.74, 6) is 1.74. The molecule has 2 aliphatic rings. The number of hydrogen-bond acceptors (Lipinski definition) is 3. The van der Waals surface area contributed by atoms with Crippen molar-refractivity contribution < 1.29 is 9.47 Å². The Morgan fingerprint density at radius 3 is 2.54 bits per heavy atom. The predicted molar refractivity (Wildman–Crippen MR) is 114 cm³/mol. The maximum absolute atomic E-state index is 5.99. The van der Waals surface area contributed by atoms with Crippen LogP contribution in [0.4, 0.5) is 0 Å². The summed E-state index contributed by atoms with van der Waals surface area (Å²) in [6.45, 7) is 5.99. The maximum atomic E-state index is 5.99. The first-order chi connectivity index (χ1) is 12.3. The lowest BCUT2D eigenvalue weighted by molar-refractivity contribution is 0.0370. The van der Waals surface area contributed by atoms with Gasteiger partial charge in [-0.1, -0.05) is 25.3 Å². The SMILES string of the molecule is Brc1cc(C2CCCCC2)ccc1OCCCCCN1CCOCC1.Cl. The molecule has 1 saturated heterocycles. The van der Waals surface area contributed by atoms with Gasteiger partial charge >= 0.3 is 0 Å². The lowest BCUT2D eigenvalue weighted by atomic mass is 9.84. The van der Waals surface area contributed by atoms with Crippen molar-refractivity contribution >= 4 is 28.3 Å². The van der Waals surface area contributed by atoms with Crippen LogP contribution < -0.4 is 4.74 Å². The Hall–Kier alpha value is -0.290. The van der Waals surface area contributed by atoms with Gasteiger partial charge in [-0.2, -0.15) is 0 Å². The Morgan fingerprint density at radius 2 is 1.81 bits per heavy atom. The van der Waals surface area contributed by atoms with Crippen LogP contribution in [0.2, 0.25) is 0 Å². The van der Waals surface area contributed by atoms with Crippen molar-refractivity contribution in [1.82, 2.24) is 4.90 Å². The molecule has 0 aromatic heterocycles. The number of morpholine rings is 1. The second-order valence-electron chi connectivity index (χ2n) is 7.39. The third-order valence-corrected chi connectivity index (χ3v) is 6.13.